The van der Waals surface area contributed by atoms with Gasteiger partial charge in [-0.2, -0.15) is 0 Å². The number of hydrogen-bond acceptors (Lipinski definition) is 4. The maximum absolute atomic E-state index is 5.84. The van der Waals surface area contributed by atoms with Crippen molar-refractivity contribution in [2.45, 2.75) is 38.3 Å². The van der Waals surface area contributed by atoms with Crippen molar-refractivity contribution < 1.29 is 4.74 Å². The number of likely N-dealkylation sites (tertiary alicyclic amines) is 1. The summed E-state index contributed by atoms with van der Waals surface area (Å²) in [5, 5.41) is 0. The summed E-state index contributed by atoms with van der Waals surface area (Å²) in [4.78, 5) is 6.72. The third kappa shape index (κ3) is 4.27. The zero-order valence-electron chi connectivity index (χ0n) is 11.8. The first-order valence-corrected chi connectivity index (χ1v) is 7.27. The monoisotopic (exact) mass is 263 g/mol. The normalized spacial score (nSPS) is 19.5. The molecule has 1 aliphatic heterocycles. The van der Waals surface area contributed by atoms with E-state index in [1.54, 1.807) is 0 Å². The maximum atomic E-state index is 5.84. The quantitative estimate of drug-likeness (QED) is 0.797. The third-order valence-corrected chi connectivity index (χ3v) is 3.89. The molecule has 1 atom stereocenters. The van der Waals surface area contributed by atoms with E-state index >= 15 is 0 Å². The van der Waals surface area contributed by atoms with E-state index in [0.29, 0.717) is 12.1 Å². The number of rotatable bonds is 6. The Morgan fingerprint density at radius 3 is 2.89 bits per heavy atom. The Hall–Kier alpha value is -0.970. The Labute approximate surface area is 116 Å². The molecule has 0 radical (unpaired) electrons. The molecule has 0 saturated carbocycles. The van der Waals surface area contributed by atoms with Gasteiger partial charge in [-0.05, 0) is 44.4 Å². The molecule has 2 heterocycles. The summed E-state index contributed by atoms with van der Waals surface area (Å²) in [5.74, 6) is 0. The van der Waals surface area contributed by atoms with Crippen LogP contribution in [0.3, 0.4) is 0 Å². The van der Waals surface area contributed by atoms with Gasteiger partial charge in [0.2, 0.25) is 0 Å². The van der Waals surface area contributed by atoms with E-state index in [1.165, 1.54) is 5.56 Å². The molecule has 1 fully saturated rings. The van der Waals surface area contributed by atoms with Crippen LogP contribution in [0.15, 0.2) is 24.5 Å². The average Bonchev–Trinajstić information content (AvgIpc) is 2.48. The number of piperidine rings is 1. The van der Waals surface area contributed by atoms with Crippen LogP contribution in [0.2, 0.25) is 0 Å². The fourth-order valence-electron chi connectivity index (χ4n) is 2.60. The van der Waals surface area contributed by atoms with E-state index in [-0.39, 0.29) is 0 Å². The van der Waals surface area contributed by atoms with Crippen molar-refractivity contribution >= 4 is 0 Å². The molecule has 2 N–H and O–H groups in total. The molecule has 1 aliphatic rings. The van der Waals surface area contributed by atoms with Crippen molar-refractivity contribution in [1.82, 2.24) is 9.88 Å². The molecule has 0 spiro atoms. The van der Waals surface area contributed by atoms with Gasteiger partial charge < -0.3 is 10.5 Å². The summed E-state index contributed by atoms with van der Waals surface area (Å²) in [6.45, 7) is 5.98. The topological polar surface area (TPSA) is 51.4 Å². The van der Waals surface area contributed by atoms with Crippen LogP contribution in [0.25, 0.3) is 0 Å². The second kappa shape index (κ2) is 7.58. The van der Waals surface area contributed by atoms with Crippen LogP contribution in [-0.4, -0.2) is 42.2 Å². The minimum atomic E-state index is 0.420. The Bertz CT molecular complexity index is 350. The molecule has 106 valence electrons. The number of nitrogens with two attached hydrogens (primary N) is 1. The first kappa shape index (κ1) is 14.4. The maximum Gasteiger partial charge on any atom is 0.0599 e. The van der Waals surface area contributed by atoms with Crippen LogP contribution in [-0.2, 0) is 4.74 Å². The fourth-order valence-corrected chi connectivity index (χ4v) is 2.60. The van der Waals surface area contributed by atoms with Crippen LogP contribution in [0, 0.1) is 0 Å². The summed E-state index contributed by atoms with van der Waals surface area (Å²) in [6, 6.07) is 4.61. The number of nitrogens with zero attached hydrogens (tertiary/aromatic N) is 2. The van der Waals surface area contributed by atoms with Crippen molar-refractivity contribution in [3.63, 3.8) is 0 Å². The first-order valence-electron chi connectivity index (χ1n) is 7.27. The lowest BCUT2D eigenvalue weighted by Gasteiger charge is -2.36. The molecule has 1 unspecified atom stereocenters. The van der Waals surface area contributed by atoms with E-state index in [2.05, 4.69) is 22.9 Å². The zero-order valence-corrected chi connectivity index (χ0v) is 11.8. The average molecular weight is 263 g/mol. The number of ether oxygens (including phenoxy) is 1. The summed E-state index contributed by atoms with van der Waals surface area (Å²) in [5.41, 5.74) is 6.77. The molecule has 1 aromatic heterocycles. The third-order valence-electron chi connectivity index (χ3n) is 3.89. The van der Waals surface area contributed by atoms with Gasteiger partial charge >= 0.3 is 0 Å². The molecular formula is C15H25N3O. The highest BCUT2D eigenvalue weighted by Crippen LogP contribution is 2.24. The highest BCUT2D eigenvalue weighted by atomic mass is 16.5. The molecule has 0 aliphatic carbocycles. The molecule has 4 heteroatoms. The van der Waals surface area contributed by atoms with Crippen LogP contribution < -0.4 is 5.73 Å². The lowest BCUT2D eigenvalue weighted by molar-refractivity contribution is -0.000773. The van der Waals surface area contributed by atoms with Crippen LogP contribution >= 0.6 is 0 Å². The molecule has 0 aromatic carbocycles. The molecule has 4 nitrogen and oxygen atoms in total. The predicted molar refractivity (Wildman–Crippen MR) is 76.9 cm³/mol. The minimum Gasteiger partial charge on any atom is -0.378 e. The molecule has 2 rings (SSSR count). The second-order valence-corrected chi connectivity index (χ2v) is 5.21. The Morgan fingerprint density at radius 1 is 1.47 bits per heavy atom. The molecular weight excluding hydrogens is 238 g/mol. The molecule has 1 aromatic rings. The van der Waals surface area contributed by atoms with Crippen molar-refractivity contribution in [2.75, 3.05) is 26.2 Å². The minimum absolute atomic E-state index is 0.420. The van der Waals surface area contributed by atoms with Gasteiger partial charge in [0.25, 0.3) is 0 Å². The van der Waals surface area contributed by atoms with Crippen molar-refractivity contribution in [3.8, 4) is 0 Å². The van der Waals surface area contributed by atoms with Gasteiger partial charge in [0.15, 0.2) is 0 Å². The van der Waals surface area contributed by atoms with E-state index in [9.17, 15) is 0 Å². The highest BCUT2D eigenvalue weighted by molar-refractivity contribution is 5.13. The summed E-state index contributed by atoms with van der Waals surface area (Å²) >= 11 is 0. The van der Waals surface area contributed by atoms with Crippen molar-refractivity contribution in [3.05, 3.63) is 30.1 Å². The second-order valence-electron chi connectivity index (χ2n) is 5.21. The van der Waals surface area contributed by atoms with Crippen molar-refractivity contribution in [2.24, 2.45) is 5.73 Å². The van der Waals surface area contributed by atoms with Gasteiger partial charge in [-0.15, -0.1) is 0 Å². The summed E-state index contributed by atoms with van der Waals surface area (Å²) in [6.07, 6.45) is 7.42. The number of pyridine rings is 1. The van der Waals surface area contributed by atoms with Crippen molar-refractivity contribution in [1.29, 1.82) is 0 Å². The Balaban J connectivity index is 1.77. The van der Waals surface area contributed by atoms with Gasteiger partial charge in [0.05, 0.1) is 6.10 Å². The van der Waals surface area contributed by atoms with E-state index in [4.69, 9.17) is 10.5 Å². The van der Waals surface area contributed by atoms with Gasteiger partial charge in [0.1, 0.15) is 0 Å². The Morgan fingerprint density at radius 2 is 2.26 bits per heavy atom. The Kier molecular flexibility index (Phi) is 5.76. The van der Waals surface area contributed by atoms with Gasteiger partial charge in [0, 0.05) is 38.1 Å². The smallest absolute Gasteiger partial charge is 0.0599 e. The highest BCUT2D eigenvalue weighted by Gasteiger charge is 2.23. The van der Waals surface area contributed by atoms with E-state index in [1.807, 2.05) is 18.5 Å². The SMILES string of the molecule is CC(c1cccnc1)N1CCC(OCCCN)CC1. The van der Waals surface area contributed by atoms with Crippen LogP contribution in [0.4, 0.5) is 0 Å². The first-order chi connectivity index (χ1) is 9.31. The predicted octanol–water partition coefficient (Wildman–Crippen LogP) is 1.97. The van der Waals surface area contributed by atoms with E-state index in [0.717, 1.165) is 45.5 Å². The van der Waals surface area contributed by atoms with Crippen LogP contribution in [0.1, 0.15) is 37.8 Å². The molecule has 19 heavy (non-hydrogen) atoms. The fraction of sp³-hybridized carbons (Fsp3) is 0.667. The van der Waals surface area contributed by atoms with Crippen LogP contribution in [0.5, 0.6) is 0 Å². The van der Waals surface area contributed by atoms with Gasteiger partial charge in [-0.1, -0.05) is 6.07 Å². The van der Waals surface area contributed by atoms with E-state index < -0.39 is 0 Å². The molecule has 0 amide bonds. The molecule has 0 bridgehead atoms. The van der Waals surface area contributed by atoms with Gasteiger partial charge in [-0.25, -0.2) is 0 Å². The number of hydrogen-bond donors (Lipinski definition) is 1. The standard InChI is InChI=1S/C15H25N3O/c1-13(14-4-2-8-17-12-14)18-9-5-15(6-10-18)19-11-3-7-16/h2,4,8,12-13,15H,3,5-7,9-11,16H2,1H3. The largest absolute Gasteiger partial charge is 0.378 e. The van der Waals surface area contributed by atoms with Gasteiger partial charge in [-0.3, -0.25) is 9.88 Å². The zero-order chi connectivity index (χ0) is 13.5. The summed E-state index contributed by atoms with van der Waals surface area (Å²) < 4.78 is 5.84. The molecule has 1 saturated heterocycles. The summed E-state index contributed by atoms with van der Waals surface area (Å²) in [7, 11) is 0. The lowest BCUT2D eigenvalue weighted by Crippen LogP contribution is -2.38. The number of aromatic nitrogens is 1. The lowest BCUT2D eigenvalue weighted by atomic mass is 10.0.